The van der Waals surface area contributed by atoms with Crippen molar-refractivity contribution in [2.24, 2.45) is 0 Å². The van der Waals surface area contributed by atoms with Crippen LogP contribution in [0.25, 0.3) is 0 Å². The molecule has 4 heteroatoms. The maximum atomic E-state index is 12.4. The number of hydrogen-bond acceptors (Lipinski definition) is 3. The molecule has 0 amide bonds. The van der Waals surface area contributed by atoms with Gasteiger partial charge in [-0.05, 0) is 37.5 Å². The van der Waals surface area contributed by atoms with E-state index in [1.807, 2.05) is 51.4 Å². The van der Waals surface area contributed by atoms with Gasteiger partial charge in [0.05, 0.1) is 14.1 Å². The molecule has 0 aliphatic carbocycles. The van der Waals surface area contributed by atoms with Crippen LogP contribution in [0.4, 0.5) is 0 Å². The Morgan fingerprint density at radius 1 is 0.800 bits per heavy atom. The summed E-state index contributed by atoms with van der Waals surface area (Å²) in [6.07, 6.45) is 13.1. The molecular weight excluding hydrogens is 434 g/mol. The minimum Gasteiger partial charge on any atom is -0.487 e. The van der Waals surface area contributed by atoms with Gasteiger partial charge in [-0.1, -0.05) is 101 Å². The predicted molar refractivity (Wildman–Crippen MR) is 146 cm³/mol. The fraction of sp³-hybridized carbons (Fsp3) is 0.581. The third-order valence-corrected chi connectivity index (χ3v) is 6.32. The molecule has 0 N–H and O–H groups in total. The molecule has 0 fully saturated rings. The van der Waals surface area contributed by atoms with E-state index in [4.69, 9.17) is 9.47 Å². The number of ether oxygens (including phenoxy) is 2. The highest BCUT2D eigenvalue weighted by Crippen LogP contribution is 2.17. The third-order valence-electron chi connectivity index (χ3n) is 6.32. The maximum Gasteiger partial charge on any atom is 0.361 e. The molecule has 0 saturated carbocycles. The van der Waals surface area contributed by atoms with E-state index in [-0.39, 0.29) is 18.7 Å². The van der Waals surface area contributed by atoms with E-state index >= 15 is 0 Å². The quantitative estimate of drug-likeness (QED) is 0.127. The average Bonchev–Trinajstić information content (AvgIpc) is 2.83. The lowest BCUT2D eigenvalue weighted by Gasteiger charge is -2.28. The minimum atomic E-state index is -0.197. The zero-order chi connectivity index (χ0) is 25.4. The van der Waals surface area contributed by atoms with Crippen LogP contribution >= 0.6 is 0 Å². The van der Waals surface area contributed by atoms with Crippen molar-refractivity contribution in [2.75, 3.05) is 27.2 Å². The van der Waals surface area contributed by atoms with Crippen LogP contribution in [-0.2, 0) is 22.5 Å². The fourth-order valence-corrected chi connectivity index (χ4v) is 4.38. The summed E-state index contributed by atoms with van der Waals surface area (Å²) in [4.78, 5) is 12.4. The number of quaternary nitrogens is 1. The van der Waals surface area contributed by atoms with Crippen LogP contribution in [0.15, 0.2) is 54.6 Å². The summed E-state index contributed by atoms with van der Waals surface area (Å²) in [7, 11) is 4.09. The van der Waals surface area contributed by atoms with Crippen LogP contribution in [0, 0.1) is 0 Å². The molecule has 1 atom stereocenters. The van der Waals surface area contributed by atoms with Gasteiger partial charge in [-0.2, -0.15) is 0 Å². The highest BCUT2D eigenvalue weighted by atomic mass is 16.6. The van der Waals surface area contributed by atoms with Crippen LogP contribution in [0.1, 0.15) is 82.8 Å². The summed E-state index contributed by atoms with van der Waals surface area (Å²) in [6.45, 7) is 5.58. The van der Waals surface area contributed by atoms with Crippen molar-refractivity contribution < 1.29 is 18.8 Å². The molecule has 35 heavy (non-hydrogen) atoms. The number of carbonyl (C=O) groups excluding carboxylic acids is 1. The van der Waals surface area contributed by atoms with Gasteiger partial charge in [0.2, 0.25) is 0 Å². The van der Waals surface area contributed by atoms with Gasteiger partial charge in [-0.15, -0.1) is 0 Å². The second kappa shape index (κ2) is 16.4. The number of rotatable bonds is 18. The molecule has 0 bridgehead atoms. The number of benzene rings is 2. The highest BCUT2D eigenvalue weighted by molar-refractivity contribution is 5.70. The zero-order valence-electron chi connectivity index (χ0n) is 22.6. The van der Waals surface area contributed by atoms with Gasteiger partial charge < -0.3 is 14.0 Å². The molecule has 0 saturated heterocycles. The Bertz CT molecular complexity index is 817. The summed E-state index contributed by atoms with van der Waals surface area (Å²) in [5.74, 6) is 0.627. The SMILES string of the molecule is CCCCCCCCCCCc1ccc(OC(C)COC(=O)C[N+](C)(C)Cc2ccccc2)cc1. The first-order valence-electron chi connectivity index (χ1n) is 13.6. The summed E-state index contributed by atoms with van der Waals surface area (Å²) >= 11 is 0. The van der Waals surface area contributed by atoms with Crippen molar-refractivity contribution >= 4 is 5.97 Å². The van der Waals surface area contributed by atoms with E-state index in [0.717, 1.165) is 18.7 Å². The van der Waals surface area contributed by atoms with Crippen molar-refractivity contribution in [1.82, 2.24) is 0 Å². The molecule has 2 aromatic carbocycles. The van der Waals surface area contributed by atoms with Crippen LogP contribution in [0.2, 0.25) is 0 Å². The van der Waals surface area contributed by atoms with Gasteiger partial charge in [0, 0.05) is 5.56 Å². The van der Waals surface area contributed by atoms with Crippen molar-refractivity contribution in [3.63, 3.8) is 0 Å². The Balaban J connectivity index is 1.59. The minimum absolute atomic E-state index is 0.188. The first kappa shape index (κ1) is 28.9. The molecule has 1 unspecified atom stereocenters. The summed E-state index contributed by atoms with van der Waals surface area (Å²) in [6, 6.07) is 18.6. The van der Waals surface area contributed by atoms with Gasteiger partial charge in [0.15, 0.2) is 6.54 Å². The molecule has 0 heterocycles. The second-order valence-electron chi connectivity index (χ2n) is 10.6. The van der Waals surface area contributed by atoms with E-state index in [1.54, 1.807) is 0 Å². The lowest BCUT2D eigenvalue weighted by molar-refractivity contribution is -0.896. The smallest absolute Gasteiger partial charge is 0.361 e. The van der Waals surface area contributed by atoms with Crippen LogP contribution < -0.4 is 4.74 Å². The zero-order valence-corrected chi connectivity index (χ0v) is 22.6. The van der Waals surface area contributed by atoms with Crippen molar-refractivity contribution in [2.45, 2.75) is 90.7 Å². The largest absolute Gasteiger partial charge is 0.487 e. The second-order valence-corrected chi connectivity index (χ2v) is 10.6. The Morgan fingerprint density at radius 2 is 1.40 bits per heavy atom. The van der Waals surface area contributed by atoms with E-state index in [2.05, 4.69) is 31.2 Å². The van der Waals surface area contributed by atoms with Gasteiger partial charge in [0.25, 0.3) is 0 Å². The first-order chi connectivity index (χ1) is 16.9. The number of aryl methyl sites for hydroxylation is 1. The molecule has 0 aliphatic heterocycles. The molecule has 194 valence electrons. The van der Waals surface area contributed by atoms with Gasteiger partial charge in [-0.3, -0.25) is 0 Å². The molecule has 0 radical (unpaired) electrons. The number of hydrogen-bond donors (Lipinski definition) is 0. The lowest BCUT2D eigenvalue weighted by atomic mass is 10.0. The molecular formula is C31H48NO3+. The number of carbonyl (C=O) groups is 1. The number of unbranched alkanes of at least 4 members (excludes halogenated alkanes) is 8. The summed E-state index contributed by atoms with van der Waals surface area (Å²) in [5, 5.41) is 0. The van der Waals surface area contributed by atoms with Crippen LogP contribution in [0.3, 0.4) is 0 Å². The number of esters is 1. The lowest BCUT2D eigenvalue weighted by Crippen LogP contribution is -2.44. The Labute approximate surface area is 214 Å². The standard InChI is InChI=1S/C31H48NO3/c1-5-6-7-8-9-10-11-12-14-17-28-20-22-30(23-21-28)35-27(2)26-34-31(33)25-32(3,4)24-29-18-15-13-16-19-29/h13,15-16,18-23,27H,5-12,14,17,24-26H2,1-4H3/q+1. The van der Waals surface area contributed by atoms with Crippen LogP contribution in [0.5, 0.6) is 5.75 Å². The fourth-order valence-electron chi connectivity index (χ4n) is 4.38. The van der Waals surface area contributed by atoms with Gasteiger partial charge in [0.1, 0.15) is 25.0 Å². The van der Waals surface area contributed by atoms with E-state index in [9.17, 15) is 4.79 Å². The Morgan fingerprint density at radius 3 is 2.03 bits per heavy atom. The molecule has 0 aliphatic rings. The van der Waals surface area contributed by atoms with Crippen molar-refractivity contribution in [3.8, 4) is 5.75 Å². The van der Waals surface area contributed by atoms with E-state index in [0.29, 0.717) is 11.0 Å². The summed E-state index contributed by atoms with van der Waals surface area (Å²) in [5.41, 5.74) is 2.57. The summed E-state index contributed by atoms with van der Waals surface area (Å²) < 4.78 is 12.0. The Kier molecular flexibility index (Phi) is 13.5. The third kappa shape index (κ3) is 13.4. The monoisotopic (exact) mass is 482 g/mol. The maximum absolute atomic E-state index is 12.4. The van der Waals surface area contributed by atoms with Gasteiger partial charge in [-0.25, -0.2) is 4.79 Å². The molecule has 0 aromatic heterocycles. The Hall–Kier alpha value is -2.33. The average molecular weight is 483 g/mol. The molecule has 2 rings (SSSR count). The van der Waals surface area contributed by atoms with E-state index in [1.165, 1.54) is 68.9 Å². The van der Waals surface area contributed by atoms with Gasteiger partial charge >= 0.3 is 5.97 Å². The van der Waals surface area contributed by atoms with E-state index < -0.39 is 0 Å². The van der Waals surface area contributed by atoms with Crippen molar-refractivity contribution in [1.29, 1.82) is 0 Å². The first-order valence-corrected chi connectivity index (χ1v) is 13.6. The van der Waals surface area contributed by atoms with Crippen molar-refractivity contribution in [3.05, 3.63) is 65.7 Å². The number of nitrogens with zero attached hydrogens (tertiary/aromatic N) is 1. The molecule has 4 nitrogen and oxygen atoms in total. The molecule has 2 aromatic rings. The van der Waals surface area contributed by atoms with Crippen LogP contribution in [-0.4, -0.2) is 43.8 Å². The normalized spacial score (nSPS) is 12.3. The molecule has 0 spiro atoms. The topological polar surface area (TPSA) is 35.5 Å². The number of likely N-dealkylation sites (N-methyl/N-ethyl adjacent to an activating group) is 1. The predicted octanol–water partition coefficient (Wildman–Crippen LogP) is 7.35. The highest BCUT2D eigenvalue weighted by Gasteiger charge is 2.22.